The van der Waals surface area contributed by atoms with Crippen LogP contribution in [0.15, 0.2) is 42.5 Å². The lowest BCUT2D eigenvalue weighted by molar-refractivity contribution is 0.0992. The molecule has 2 aromatic rings. The van der Waals surface area contributed by atoms with Gasteiger partial charge in [-0.05, 0) is 28.8 Å². The molecular formula is C16H11ClO. The second-order valence-corrected chi connectivity index (χ2v) is 4.80. The van der Waals surface area contributed by atoms with Gasteiger partial charge in [-0.1, -0.05) is 54.1 Å². The molecule has 0 bridgehead atoms. The molecule has 1 aliphatic rings. The zero-order valence-electron chi connectivity index (χ0n) is 9.69. The molecule has 0 aromatic heterocycles. The van der Waals surface area contributed by atoms with Gasteiger partial charge in [0.25, 0.3) is 0 Å². The van der Waals surface area contributed by atoms with Gasteiger partial charge >= 0.3 is 0 Å². The Hall–Kier alpha value is -1.86. The van der Waals surface area contributed by atoms with Gasteiger partial charge in [0.1, 0.15) is 0 Å². The maximum Gasteiger partial charge on any atom is 0.167 e. The summed E-state index contributed by atoms with van der Waals surface area (Å²) in [6.45, 7) is 0. The van der Waals surface area contributed by atoms with Crippen molar-refractivity contribution < 1.29 is 4.79 Å². The molecule has 0 spiro atoms. The maximum atomic E-state index is 12.2. The van der Waals surface area contributed by atoms with Crippen molar-refractivity contribution in [2.45, 2.75) is 6.42 Å². The number of benzene rings is 2. The Balaban J connectivity index is 2.18. The summed E-state index contributed by atoms with van der Waals surface area (Å²) < 4.78 is 0. The highest BCUT2D eigenvalue weighted by atomic mass is 35.5. The Morgan fingerprint density at radius 1 is 0.944 bits per heavy atom. The van der Waals surface area contributed by atoms with E-state index in [1.165, 1.54) is 0 Å². The van der Waals surface area contributed by atoms with Crippen LogP contribution in [-0.4, -0.2) is 5.78 Å². The number of carbonyl (C=O) groups excluding carboxylic acids is 1. The van der Waals surface area contributed by atoms with E-state index in [9.17, 15) is 4.79 Å². The second-order valence-electron chi connectivity index (χ2n) is 4.36. The van der Waals surface area contributed by atoms with E-state index in [1.807, 2.05) is 54.6 Å². The van der Waals surface area contributed by atoms with Crippen molar-refractivity contribution in [3.8, 4) is 0 Å². The molecule has 2 aromatic carbocycles. The SMILES string of the molecule is O=C1Cc2ccc(Cl)cc2C=Cc2ccccc21. The van der Waals surface area contributed by atoms with Crippen molar-refractivity contribution in [1.29, 1.82) is 0 Å². The van der Waals surface area contributed by atoms with Crippen LogP contribution >= 0.6 is 11.6 Å². The van der Waals surface area contributed by atoms with E-state index in [0.29, 0.717) is 11.4 Å². The first-order chi connectivity index (χ1) is 8.74. The Morgan fingerprint density at radius 2 is 1.72 bits per heavy atom. The van der Waals surface area contributed by atoms with Crippen LogP contribution < -0.4 is 0 Å². The number of rotatable bonds is 0. The average molecular weight is 255 g/mol. The fourth-order valence-electron chi connectivity index (χ4n) is 2.23. The molecule has 0 saturated heterocycles. The van der Waals surface area contributed by atoms with Crippen LogP contribution in [0.4, 0.5) is 0 Å². The van der Waals surface area contributed by atoms with Crippen LogP contribution in [-0.2, 0) is 6.42 Å². The van der Waals surface area contributed by atoms with Crippen molar-refractivity contribution in [2.24, 2.45) is 0 Å². The molecule has 2 heteroatoms. The molecule has 1 nitrogen and oxygen atoms in total. The number of Topliss-reactive ketones (excluding diaryl/α,β-unsaturated/α-hetero) is 1. The summed E-state index contributed by atoms with van der Waals surface area (Å²) in [5.41, 5.74) is 3.79. The molecule has 88 valence electrons. The van der Waals surface area contributed by atoms with Crippen LogP contribution in [0.3, 0.4) is 0 Å². The smallest absolute Gasteiger partial charge is 0.167 e. The van der Waals surface area contributed by atoms with E-state index in [-0.39, 0.29) is 5.78 Å². The van der Waals surface area contributed by atoms with Crippen LogP contribution in [0, 0.1) is 0 Å². The minimum atomic E-state index is 0.151. The number of halogens is 1. The largest absolute Gasteiger partial charge is 0.294 e. The van der Waals surface area contributed by atoms with Crippen molar-refractivity contribution in [3.05, 3.63) is 69.7 Å². The predicted octanol–water partition coefficient (Wildman–Crippen LogP) is 4.25. The summed E-state index contributed by atoms with van der Waals surface area (Å²) >= 11 is 5.99. The van der Waals surface area contributed by atoms with E-state index in [2.05, 4.69) is 0 Å². The summed E-state index contributed by atoms with van der Waals surface area (Å²) in [6.07, 6.45) is 4.42. The first-order valence-electron chi connectivity index (χ1n) is 5.83. The zero-order chi connectivity index (χ0) is 12.5. The molecule has 0 radical (unpaired) electrons. The Labute approximate surface area is 111 Å². The summed E-state index contributed by atoms with van der Waals surface area (Å²) in [5, 5.41) is 0.694. The molecule has 0 aliphatic heterocycles. The molecule has 18 heavy (non-hydrogen) atoms. The van der Waals surface area contributed by atoms with Crippen molar-refractivity contribution in [1.82, 2.24) is 0 Å². The number of ketones is 1. The summed E-state index contributed by atoms with van der Waals surface area (Å²) in [5.74, 6) is 0.151. The van der Waals surface area contributed by atoms with Crippen molar-refractivity contribution in [2.75, 3.05) is 0 Å². The molecule has 0 atom stereocenters. The van der Waals surface area contributed by atoms with Crippen LogP contribution in [0.2, 0.25) is 5.02 Å². The van der Waals surface area contributed by atoms with Gasteiger partial charge in [0, 0.05) is 17.0 Å². The zero-order valence-corrected chi connectivity index (χ0v) is 10.4. The number of carbonyl (C=O) groups is 1. The average Bonchev–Trinajstić information content (AvgIpc) is 2.37. The van der Waals surface area contributed by atoms with Gasteiger partial charge in [-0.25, -0.2) is 0 Å². The Bertz CT molecular complexity index is 656. The maximum absolute atomic E-state index is 12.2. The molecule has 0 fully saturated rings. The lowest BCUT2D eigenvalue weighted by Gasteiger charge is -2.11. The topological polar surface area (TPSA) is 17.1 Å². The van der Waals surface area contributed by atoms with Gasteiger partial charge < -0.3 is 0 Å². The van der Waals surface area contributed by atoms with Gasteiger partial charge in [0.15, 0.2) is 5.78 Å². The fourth-order valence-corrected chi connectivity index (χ4v) is 2.41. The van der Waals surface area contributed by atoms with Crippen LogP contribution in [0.5, 0.6) is 0 Å². The first kappa shape index (κ1) is 11.2. The molecule has 0 amide bonds. The molecule has 1 aliphatic carbocycles. The predicted molar refractivity (Wildman–Crippen MR) is 74.9 cm³/mol. The Kier molecular flexibility index (Phi) is 2.77. The summed E-state index contributed by atoms with van der Waals surface area (Å²) in [4.78, 5) is 12.2. The molecule has 3 rings (SSSR count). The molecular weight excluding hydrogens is 244 g/mol. The monoisotopic (exact) mass is 254 g/mol. The van der Waals surface area contributed by atoms with E-state index >= 15 is 0 Å². The van der Waals surface area contributed by atoms with E-state index < -0.39 is 0 Å². The van der Waals surface area contributed by atoms with Gasteiger partial charge in [0.2, 0.25) is 0 Å². The number of fused-ring (bicyclic) bond motifs is 2. The standard InChI is InChI=1S/C16H11ClO/c17-14-8-7-13-10-16(18)15-4-2-1-3-11(15)5-6-12(13)9-14/h1-9H,10H2. The Morgan fingerprint density at radius 3 is 2.61 bits per heavy atom. The quantitative estimate of drug-likeness (QED) is 0.687. The molecule has 0 unspecified atom stereocenters. The molecule has 0 saturated carbocycles. The lowest BCUT2D eigenvalue weighted by atomic mass is 9.92. The third-order valence-electron chi connectivity index (χ3n) is 3.16. The highest BCUT2D eigenvalue weighted by Gasteiger charge is 2.14. The molecule has 0 heterocycles. The van der Waals surface area contributed by atoms with Crippen molar-refractivity contribution in [3.63, 3.8) is 0 Å². The minimum Gasteiger partial charge on any atom is -0.294 e. The summed E-state index contributed by atoms with van der Waals surface area (Å²) in [6, 6.07) is 13.3. The summed E-state index contributed by atoms with van der Waals surface area (Å²) in [7, 11) is 0. The fraction of sp³-hybridized carbons (Fsp3) is 0.0625. The van der Waals surface area contributed by atoms with Gasteiger partial charge in [-0.3, -0.25) is 4.79 Å². The van der Waals surface area contributed by atoms with Gasteiger partial charge in [-0.2, -0.15) is 0 Å². The third-order valence-corrected chi connectivity index (χ3v) is 3.40. The normalized spacial score (nSPS) is 13.5. The van der Waals surface area contributed by atoms with Crippen LogP contribution in [0.1, 0.15) is 27.0 Å². The van der Waals surface area contributed by atoms with Gasteiger partial charge in [0.05, 0.1) is 0 Å². The molecule has 0 N–H and O–H groups in total. The number of hydrogen-bond donors (Lipinski definition) is 0. The minimum absolute atomic E-state index is 0.151. The van der Waals surface area contributed by atoms with Crippen molar-refractivity contribution >= 4 is 29.5 Å². The lowest BCUT2D eigenvalue weighted by Crippen LogP contribution is -2.08. The van der Waals surface area contributed by atoms with E-state index in [0.717, 1.165) is 22.3 Å². The first-order valence-corrected chi connectivity index (χ1v) is 6.20. The van der Waals surface area contributed by atoms with E-state index in [1.54, 1.807) is 0 Å². The van der Waals surface area contributed by atoms with Gasteiger partial charge in [-0.15, -0.1) is 0 Å². The highest BCUT2D eigenvalue weighted by Crippen LogP contribution is 2.24. The third kappa shape index (κ3) is 1.98. The second kappa shape index (κ2) is 4.43. The van der Waals surface area contributed by atoms with Crippen LogP contribution in [0.25, 0.3) is 12.2 Å². The van der Waals surface area contributed by atoms with E-state index in [4.69, 9.17) is 11.6 Å². The number of hydrogen-bond acceptors (Lipinski definition) is 1. The highest BCUT2D eigenvalue weighted by molar-refractivity contribution is 6.30.